The van der Waals surface area contributed by atoms with Gasteiger partial charge in [-0.25, -0.2) is 0 Å². The molecule has 0 amide bonds. The first kappa shape index (κ1) is 13.2. The normalized spacial score (nSPS) is 10.6. The highest BCUT2D eigenvalue weighted by atomic mass is 16.6. The largest absolute Gasteiger partial charge is 0.368 e. The lowest BCUT2D eigenvalue weighted by atomic mass is 10.1. The van der Waals surface area contributed by atoms with Crippen molar-refractivity contribution in [2.45, 2.75) is 0 Å². The third-order valence-corrected chi connectivity index (χ3v) is 3.03. The summed E-state index contributed by atoms with van der Waals surface area (Å²) in [6.07, 6.45) is 1.64. The van der Waals surface area contributed by atoms with Crippen molar-refractivity contribution < 1.29 is 4.92 Å². The monoisotopic (exact) mass is 260 g/mol. The SMILES string of the molecule is CNCCN(C)c1ccc2ncccc2c1[N+](=O)[O-]. The van der Waals surface area contributed by atoms with Gasteiger partial charge in [0.1, 0.15) is 5.69 Å². The maximum atomic E-state index is 11.3. The van der Waals surface area contributed by atoms with E-state index in [-0.39, 0.29) is 10.6 Å². The van der Waals surface area contributed by atoms with E-state index in [0.717, 1.165) is 6.54 Å². The topological polar surface area (TPSA) is 71.3 Å². The maximum Gasteiger partial charge on any atom is 0.301 e. The smallest absolute Gasteiger partial charge is 0.301 e. The minimum Gasteiger partial charge on any atom is -0.368 e. The lowest BCUT2D eigenvalue weighted by molar-refractivity contribution is -0.382. The van der Waals surface area contributed by atoms with E-state index in [9.17, 15) is 10.1 Å². The summed E-state index contributed by atoms with van der Waals surface area (Å²) in [7, 11) is 3.70. The van der Waals surface area contributed by atoms with E-state index in [2.05, 4.69) is 10.3 Å². The number of aromatic nitrogens is 1. The molecule has 0 aliphatic rings. The van der Waals surface area contributed by atoms with Crippen LogP contribution < -0.4 is 10.2 Å². The molecule has 2 aromatic rings. The lowest BCUT2D eigenvalue weighted by Gasteiger charge is -2.19. The average Bonchev–Trinajstić information content (AvgIpc) is 2.43. The first-order valence-corrected chi connectivity index (χ1v) is 6.03. The molecule has 1 heterocycles. The van der Waals surface area contributed by atoms with E-state index >= 15 is 0 Å². The molecule has 19 heavy (non-hydrogen) atoms. The van der Waals surface area contributed by atoms with Crippen molar-refractivity contribution in [2.75, 3.05) is 32.1 Å². The Morgan fingerprint density at radius 2 is 2.21 bits per heavy atom. The fourth-order valence-electron chi connectivity index (χ4n) is 2.03. The van der Waals surface area contributed by atoms with E-state index < -0.39 is 0 Å². The minimum absolute atomic E-state index is 0.115. The molecule has 2 rings (SSSR count). The minimum atomic E-state index is -0.338. The Kier molecular flexibility index (Phi) is 3.91. The fourth-order valence-corrected chi connectivity index (χ4v) is 2.03. The Bertz CT molecular complexity index is 600. The molecule has 6 heteroatoms. The van der Waals surface area contributed by atoms with Crippen LogP contribution in [0.5, 0.6) is 0 Å². The van der Waals surface area contributed by atoms with Crippen molar-refractivity contribution in [1.29, 1.82) is 0 Å². The Hall–Kier alpha value is -2.21. The second kappa shape index (κ2) is 5.62. The first-order valence-electron chi connectivity index (χ1n) is 6.03. The van der Waals surface area contributed by atoms with Crippen LogP contribution in [-0.4, -0.2) is 37.1 Å². The van der Waals surface area contributed by atoms with E-state index in [4.69, 9.17) is 0 Å². The lowest BCUT2D eigenvalue weighted by Crippen LogP contribution is -2.27. The molecule has 1 N–H and O–H groups in total. The molecule has 0 radical (unpaired) electrons. The molecule has 1 aromatic carbocycles. The van der Waals surface area contributed by atoms with Crippen LogP contribution in [0.3, 0.4) is 0 Å². The third-order valence-electron chi connectivity index (χ3n) is 3.03. The van der Waals surface area contributed by atoms with Crippen molar-refractivity contribution in [3.05, 3.63) is 40.6 Å². The average molecular weight is 260 g/mol. The maximum absolute atomic E-state index is 11.3. The molecule has 1 aromatic heterocycles. The summed E-state index contributed by atoms with van der Waals surface area (Å²) in [5.74, 6) is 0. The Morgan fingerprint density at radius 3 is 2.89 bits per heavy atom. The van der Waals surface area contributed by atoms with Crippen molar-refractivity contribution >= 4 is 22.3 Å². The highest BCUT2D eigenvalue weighted by Crippen LogP contribution is 2.34. The van der Waals surface area contributed by atoms with Gasteiger partial charge in [0, 0.05) is 26.3 Å². The molecule has 0 bridgehead atoms. The predicted octanol–water partition coefficient (Wildman–Crippen LogP) is 1.80. The third kappa shape index (κ3) is 2.63. The summed E-state index contributed by atoms with van der Waals surface area (Å²) < 4.78 is 0. The van der Waals surface area contributed by atoms with Crippen molar-refractivity contribution in [3.63, 3.8) is 0 Å². The molecule has 0 saturated carbocycles. The van der Waals surface area contributed by atoms with Crippen LogP contribution >= 0.6 is 0 Å². The van der Waals surface area contributed by atoms with E-state index in [1.807, 2.05) is 25.1 Å². The van der Waals surface area contributed by atoms with Gasteiger partial charge >= 0.3 is 5.69 Å². The Balaban J connectivity index is 2.54. The van der Waals surface area contributed by atoms with Crippen LogP contribution in [0, 0.1) is 10.1 Å². The van der Waals surface area contributed by atoms with Crippen molar-refractivity contribution in [3.8, 4) is 0 Å². The quantitative estimate of drug-likeness (QED) is 0.655. The Morgan fingerprint density at radius 1 is 1.42 bits per heavy atom. The summed E-state index contributed by atoms with van der Waals surface area (Å²) in [5, 5.41) is 15.0. The van der Waals surface area contributed by atoms with Crippen LogP contribution in [0.2, 0.25) is 0 Å². The second-order valence-corrected chi connectivity index (χ2v) is 4.29. The van der Waals surface area contributed by atoms with Gasteiger partial charge in [0.15, 0.2) is 0 Å². The number of nitrogens with one attached hydrogen (secondary N) is 1. The molecule has 0 spiro atoms. The number of benzene rings is 1. The number of rotatable bonds is 5. The number of nitro groups is 1. The molecule has 6 nitrogen and oxygen atoms in total. The molecule has 0 aliphatic heterocycles. The first-order chi connectivity index (χ1) is 9.15. The van der Waals surface area contributed by atoms with E-state index in [0.29, 0.717) is 23.1 Å². The summed E-state index contributed by atoms with van der Waals surface area (Å²) in [5.41, 5.74) is 1.37. The van der Waals surface area contributed by atoms with Crippen molar-refractivity contribution in [2.24, 2.45) is 0 Å². The standard InChI is InChI=1S/C13H16N4O2/c1-14-8-9-16(2)12-6-5-11-10(4-3-7-15-11)13(12)17(18)19/h3-7,14H,8-9H2,1-2H3. The molecule has 0 fully saturated rings. The van der Waals surface area contributed by atoms with Gasteiger partial charge in [-0.2, -0.15) is 0 Å². The number of pyridine rings is 1. The summed E-state index contributed by atoms with van der Waals surface area (Å²) >= 11 is 0. The van der Waals surface area contributed by atoms with Crippen LogP contribution in [0.1, 0.15) is 0 Å². The number of fused-ring (bicyclic) bond motifs is 1. The molecular weight excluding hydrogens is 244 g/mol. The Labute approximate surface area is 111 Å². The highest BCUT2D eigenvalue weighted by molar-refractivity contribution is 5.94. The number of nitro benzene ring substituents is 1. The van der Waals surface area contributed by atoms with Gasteiger partial charge in [-0.15, -0.1) is 0 Å². The zero-order chi connectivity index (χ0) is 13.8. The highest BCUT2D eigenvalue weighted by Gasteiger charge is 2.21. The predicted molar refractivity (Wildman–Crippen MR) is 75.6 cm³/mol. The van der Waals surface area contributed by atoms with Gasteiger partial charge in [0.2, 0.25) is 0 Å². The number of hydrogen-bond donors (Lipinski definition) is 1. The van der Waals surface area contributed by atoms with Gasteiger partial charge in [-0.1, -0.05) is 0 Å². The van der Waals surface area contributed by atoms with Crippen LogP contribution in [0.25, 0.3) is 10.9 Å². The number of nitrogens with zero attached hydrogens (tertiary/aromatic N) is 3. The summed E-state index contributed by atoms with van der Waals surface area (Å²) in [6, 6.07) is 7.01. The van der Waals surface area contributed by atoms with Gasteiger partial charge in [-0.3, -0.25) is 15.1 Å². The molecule has 0 unspecified atom stereocenters. The molecule has 0 saturated heterocycles. The zero-order valence-corrected chi connectivity index (χ0v) is 11.0. The fraction of sp³-hybridized carbons (Fsp3) is 0.308. The van der Waals surface area contributed by atoms with Crippen LogP contribution in [-0.2, 0) is 0 Å². The summed E-state index contributed by atoms with van der Waals surface area (Å²) in [6.45, 7) is 1.46. The van der Waals surface area contributed by atoms with Crippen LogP contribution in [0.15, 0.2) is 30.5 Å². The van der Waals surface area contributed by atoms with Gasteiger partial charge in [0.25, 0.3) is 0 Å². The molecule has 0 aliphatic carbocycles. The number of anilines is 1. The molecule has 0 atom stereocenters. The van der Waals surface area contributed by atoms with E-state index in [1.54, 1.807) is 24.4 Å². The van der Waals surface area contributed by atoms with Crippen molar-refractivity contribution in [1.82, 2.24) is 10.3 Å². The van der Waals surface area contributed by atoms with Gasteiger partial charge in [-0.05, 0) is 31.3 Å². The van der Waals surface area contributed by atoms with E-state index in [1.165, 1.54) is 0 Å². The molecular formula is C13H16N4O2. The summed E-state index contributed by atoms with van der Waals surface area (Å²) in [4.78, 5) is 17.0. The van der Waals surface area contributed by atoms with Crippen LogP contribution in [0.4, 0.5) is 11.4 Å². The second-order valence-electron chi connectivity index (χ2n) is 4.29. The number of likely N-dealkylation sites (N-methyl/N-ethyl adjacent to an activating group) is 2. The number of hydrogen-bond acceptors (Lipinski definition) is 5. The zero-order valence-electron chi connectivity index (χ0n) is 11.0. The molecule has 100 valence electrons. The van der Waals surface area contributed by atoms with Gasteiger partial charge < -0.3 is 10.2 Å². The van der Waals surface area contributed by atoms with Gasteiger partial charge in [0.05, 0.1) is 15.8 Å².